The molecule has 0 saturated heterocycles. The first-order valence-corrected chi connectivity index (χ1v) is 5.05. The van der Waals surface area contributed by atoms with E-state index in [0.29, 0.717) is 12.4 Å². The number of nitrogens with two attached hydrogens (primary N) is 1. The van der Waals surface area contributed by atoms with Crippen molar-refractivity contribution >= 4 is 5.82 Å². The van der Waals surface area contributed by atoms with E-state index in [1.165, 1.54) is 12.3 Å². The predicted molar refractivity (Wildman–Crippen MR) is 59.8 cm³/mol. The summed E-state index contributed by atoms with van der Waals surface area (Å²) in [4.78, 5) is 15.2. The smallest absolute Gasteiger partial charge is 0.253 e. The fraction of sp³-hybridized carbons (Fsp3) is 0.300. The highest BCUT2D eigenvalue weighted by Crippen LogP contribution is 1.97. The maximum atomic E-state index is 11.3. The van der Waals surface area contributed by atoms with Gasteiger partial charge in [0.2, 0.25) is 0 Å². The second kappa shape index (κ2) is 4.61. The molecule has 0 radical (unpaired) electrons. The normalized spacial score (nSPS) is 10.5. The van der Waals surface area contributed by atoms with Gasteiger partial charge in [-0.25, -0.2) is 4.98 Å². The summed E-state index contributed by atoms with van der Waals surface area (Å²) in [6, 6.07) is 3.20. The molecule has 0 unspecified atom stereocenters. The molecule has 0 atom stereocenters. The van der Waals surface area contributed by atoms with Crippen molar-refractivity contribution in [2.75, 3.05) is 5.73 Å². The van der Waals surface area contributed by atoms with Crippen LogP contribution in [-0.4, -0.2) is 19.3 Å². The number of anilines is 1. The summed E-state index contributed by atoms with van der Waals surface area (Å²) in [5.41, 5.74) is 5.46. The van der Waals surface area contributed by atoms with E-state index >= 15 is 0 Å². The Labute approximate surface area is 92.3 Å². The molecule has 2 rings (SSSR count). The third-order valence-corrected chi connectivity index (χ3v) is 2.24. The van der Waals surface area contributed by atoms with Gasteiger partial charge in [0.15, 0.2) is 0 Å². The van der Waals surface area contributed by atoms with Gasteiger partial charge in [-0.3, -0.25) is 14.0 Å². The molecule has 2 heterocycles. The van der Waals surface area contributed by atoms with Crippen LogP contribution in [0.5, 0.6) is 0 Å². The second-order valence-electron chi connectivity index (χ2n) is 3.47. The van der Waals surface area contributed by atoms with Crippen molar-refractivity contribution in [3.05, 3.63) is 41.2 Å². The minimum absolute atomic E-state index is 0.0324. The van der Waals surface area contributed by atoms with E-state index in [0.717, 1.165) is 13.0 Å². The molecule has 2 aromatic heterocycles. The van der Waals surface area contributed by atoms with Crippen LogP contribution in [0.4, 0.5) is 5.82 Å². The fourth-order valence-electron chi connectivity index (χ4n) is 1.45. The average Bonchev–Trinajstić information content (AvgIpc) is 2.67. The maximum absolute atomic E-state index is 11.3. The van der Waals surface area contributed by atoms with Crippen molar-refractivity contribution in [1.82, 2.24) is 19.3 Å². The van der Waals surface area contributed by atoms with Gasteiger partial charge in [0.05, 0.1) is 6.33 Å². The van der Waals surface area contributed by atoms with E-state index in [4.69, 9.17) is 5.73 Å². The van der Waals surface area contributed by atoms with Gasteiger partial charge in [0, 0.05) is 31.5 Å². The third kappa shape index (κ3) is 2.47. The number of hydrogen-bond donors (Lipinski definition) is 1. The van der Waals surface area contributed by atoms with Gasteiger partial charge in [-0.2, -0.15) is 5.10 Å². The highest BCUT2D eigenvalue weighted by atomic mass is 16.1. The lowest BCUT2D eigenvalue weighted by Crippen LogP contribution is -2.19. The summed E-state index contributed by atoms with van der Waals surface area (Å²) in [5, 5.41) is 4.06. The molecule has 2 N–H and O–H groups in total. The van der Waals surface area contributed by atoms with Crippen LogP contribution < -0.4 is 11.3 Å². The minimum atomic E-state index is -0.0324. The van der Waals surface area contributed by atoms with E-state index in [2.05, 4.69) is 10.1 Å². The average molecular weight is 219 g/mol. The lowest BCUT2D eigenvalue weighted by atomic mass is 10.4. The molecular weight excluding hydrogens is 206 g/mol. The van der Waals surface area contributed by atoms with Crippen LogP contribution in [0.15, 0.2) is 35.6 Å². The van der Waals surface area contributed by atoms with Crippen LogP contribution in [0.25, 0.3) is 0 Å². The van der Waals surface area contributed by atoms with Crippen LogP contribution in [-0.2, 0) is 13.1 Å². The fourth-order valence-corrected chi connectivity index (χ4v) is 1.45. The molecule has 0 aliphatic heterocycles. The highest BCUT2D eigenvalue weighted by molar-refractivity contribution is 5.23. The Morgan fingerprint density at radius 1 is 1.31 bits per heavy atom. The Bertz CT molecular complexity index is 516. The van der Waals surface area contributed by atoms with E-state index in [9.17, 15) is 4.79 Å². The monoisotopic (exact) mass is 219 g/mol. The maximum Gasteiger partial charge on any atom is 0.253 e. The predicted octanol–water partition coefficient (Wildman–Crippen LogP) is 0.112. The Hall–Kier alpha value is -2.11. The van der Waals surface area contributed by atoms with Gasteiger partial charge in [0.25, 0.3) is 5.56 Å². The number of hydrogen-bond acceptors (Lipinski definition) is 4. The van der Waals surface area contributed by atoms with E-state index < -0.39 is 0 Å². The summed E-state index contributed by atoms with van der Waals surface area (Å²) in [5.74, 6) is 0.513. The zero-order chi connectivity index (χ0) is 11.4. The Morgan fingerprint density at radius 3 is 2.88 bits per heavy atom. The van der Waals surface area contributed by atoms with Gasteiger partial charge < -0.3 is 5.73 Å². The standard InChI is InChI=1S/C10H13N5O/c11-9-3-7-15(13-9)6-1-5-14-8-12-4-2-10(14)16/h2-4,7-8H,1,5-6H2,(H2,11,13). The molecule has 0 bridgehead atoms. The van der Waals surface area contributed by atoms with Crippen molar-refractivity contribution in [2.24, 2.45) is 0 Å². The molecule has 16 heavy (non-hydrogen) atoms. The first kappa shape index (κ1) is 10.4. The molecule has 0 spiro atoms. The molecule has 0 aromatic carbocycles. The molecule has 0 fully saturated rings. The molecular formula is C10H13N5O. The third-order valence-electron chi connectivity index (χ3n) is 2.24. The summed E-state index contributed by atoms with van der Waals surface area (Å²) >= 11 is 0. The Morgan fingerprint density at radius 2 is 2.19 bits per heavy atom. The van der Waals surface area contributed by atoms with Gasteiger partial charge in [-0.15, -0.1) is 0 Å². The van der Waals surface area contributed by atoms with Gasteiger partial charge in [-0.05, 0) is 12.5 Å². The molecule has 6 nitrogen and oxygen atoms in total. The summed E-state index contributed by atoms with van der Waals surface area (Å²) in [7, 11) is 0. The summed E-state index contributed by atoms with van der Waals surface area (Å²) < 4.78 is 3.34. The van der Waals surface area contributed by atoms with Crippen LogP contribution in [0.1, 0.15) is 6.42 Å². The minimum Gasteiger partial charge on any atom is -0.382 e. The molecule has 0 amide bonds. The molecule has 6 heteroatoms. The van der Waals surface area contributed by atoms with Gasteiger partial charge in [-0.1, -0.05) is 0 Å². The number of nitrogen functional groups attached to an aromatic ring is 1. The lowest BCUT2D eigenvalue weighted by molar-refractivity contribution is 0.517. The molecule has 0 aliphatic rings. The molecule has 0 saturated carbocycles. The van der Waals surface area contributed by atoms with Crippen LogP contribution in [0.3, 0.4) is 0 Å². The van der Waals surface area contributed by atoms with Gasteiger partial charge in [0.1, 0.15) is 5.82 Å². The zero-order valence-corrected chi connectivity index (χ0v) is 8.78. The summed E-state index contributed by atoms with van der Waals surface area (Å²) in [6.07, 6.45) is 5.67. The van der Waals surface area contributed by atoms with Crippen molar-refractivity contribution in [3.8, 4) is 0 Å². The Balaban J connectivity index is 1.89. The molecule has 0 aliphatic carbocycles. The molecule has 2 aromatic rings. The number of aromatic nitrogens is 4. The molecule has 84 valence electrons. The second-order valence-corrected chi connectivity index (χ2v) is 3.47. The van der Waals surface area contributed by atoms with Crippen molar-refractivity contribution in [1.29, 1.82) is 0 Å². The number of rotatable bonds is 4. The first-order chi connectivity index (χ1) is 7.75. The highest BCUT2D eigenvalue weighted by Gasteiger charge is 1.97. The van der Waals surface area contributed by atoms with Crippen molar-refractivity contribution < 1.29 is 0 Å². The van der Waals surface area contributed by atoms with Crippen molar-refractivity contribution in [3.63, 3.8) is 0 Å². The lowest BCUT2D eigenvalue weighted by Gasteiger charge is -2.04. The topological polar surface area (TPSA) is 78.7 Å². The van der Waals surface area contributed by atoms with E-state index in [1.54, 1.807) is 21.6 Å². The van der Waals surface area contributed by atoms with Gasteiger partial charge >= 0.3 is 0 Å². The first-order valence-electron chi connectivity index (χ1n) is 5.05. The Kier molecular flexibility index (Phi) is 3.00. The zero-order valence-electron chi connectivity index (χ0n) is 8.78. The van der Waals surface area contributed by atoms with E-state index in [1.807, 2.05) is 6.20 Å². The van der Waals surface area contributed by atoms with E-state index in [-0.39, 0.29) is 5.56 Å². The van der Waals surface area contributed by atoms with Crippen LogP contribution in [0.2, 0.25) is 0 Å². The van der Waals surface area contributed by atoms with Crippen molar-refractivity contribution in [2.45, 2.75) is 19.5 Å². The number of nitrogens with zero attached hydrogens (tertiary/aromatic N) is 4. The largest absolute Gasteiger partial charge is 0.382 e. The number of aryl methyl sites for hydroxylation is 2. The van der Waals surface area contributed by atoms with Crippen LogP contribution >= 0.6 is 0 Å². The summed E-state index contributed by atoms with van der Waals surface area (Å²) in [6.45, 7) is 1.37. The van der Waals surface area contributed by atoms with Crippen LogP contribution in [0, 0.1) is 0 Å². The SMILES string of the molecule is Nc1ccn(CCCn2cnccc2=O)n1. The quantitative estimate of drug-likeness (QED) is 0.791.